The number of allylic oxidation sites excluding steroid dienone is 1. The van der Waals surface area contributed by atoms with Gasteiger partial charge in [-0.25, -0.2) is 0 Å². The molecule has 0 radical (unpaired) electrons. The molecule has 2 rings (SSSR count). The van der Waals surface area contributed by atoms with E-state index in [2.05, 4.69) is 32.2 Å². The number of nitrogens with one attached hydrogen (secondary N) is 1. The quantitative estimate of drug-likeness (QED) is 0.800. The highest BCUT2D eigenvalue weighted by Crippen LogP contribution is 2.46. The molecule has 2 heteroatoms. The maximum Gasteiger partial charge on any atom is 0.109 e. The lowest BCUT2D eigenvalue weighted by Crippen LogP contribution is -2.43. The lowest BCUT2D eigenvalue weighted by atomic mass is 9.76. The molecule has 1 heterocycles. The smallest absolute Gasteiger partial charge is 0.109 e. The van der Waals surface area contributed by atoms with E-state index in [1.54, 1.807) is 0 Å². The van der Waals surface area contributed by atoms with E-state index in [0.717, 1.165) is 19.1 Å². The Morgan fingerprint density at radius 3 is 2.83 bits per heavy atom. The first-order valence-electron chi connectivity index (χ1n) is 7.71. The molecule has 1 saturated carbocycles. The summed E-state index contributed by atoms with van der Waals surface area (Å²) in [5.74, 6) is 1.96. The highest BCUT2D eigenvalue weighted by molar-refractivity contribution is 5.11. The van der Waals surface area contributed by atoms with Gasteiger partial charge in [0.25, 0.3) is 0 Å². The van der Waals surface area contributed by atoms with E-state index in [4.69, 9.17) is 4.74 Å². The zero-order valence-corrected chi connectivity index (χ0v) is 12.3. The Kier molecular flexibility index (Phi) is 4.71. The van der Waals surface area contributed by atoms with E-state index >= 15 is 0 Å². The first-order chi connectivity index (χ1) is 8.65. The summed E-state index contributed by atoms with van der Waals surface area (Å²) in [6.07, 6.45) is 9.95. The Morgan fingerprint density at radius 2 is 2.28 bits per heavy atom. The molecule has 1 N–H and O–H groups in total. The van der Waals surface area contributed by atoms with Crippen LogP contribution in [0, 0.1) is 11.3 Å². The monoisotopic (exact) mass is 251 g/mol. The third kappa shape index (κ3) is 3.09. The van der Waals surface area contributed by atoms with E-state index in [0.29, 0.717) is 11.5 Å². The molecule has 2 aliphatic rings. The predicted molar refractivity (Wildman–Crippen MR) is 76.5 cm³/mol. The third-order valence-electron chi connectivity index (χ3n) is 4.63. The van der Waals surface area contributed by atoms with Crippen LogP contribution < -0.4 is 5.32 Å². The van der Waals surface area contributed by atoms with Crippen molar-refractivity contribution < 1.29 is 4.74 Å². The van der Waals surface area contributed by atoms with Crippen LogP contribution in [0.15, 0.2) is 11.8 Å². The molecular formula is C16H29NO. The van der Waals surface area contributed by atoms with Gasteiger partial charge in [0.05, 0.1) is 12.6 Å². The van der Waals surface area contributed by atoms with Crippen LogP contribution in [0.1, 0.15) is 59.3 Å². The lowest BCUT2D eigenvalue weighted by Gasteiger charge is -2.36. The molecule has 2 unspecified atom stereocenters. The molecule has 0 saturated heterocycles. The minimum Gasteiger partial charge on any atom is -0.497 e. The van der Waals surface area contributed by atoms with Gasteiger partial charge in [-0.2, -0.15) is 0 Å². The summed E-state index contributed by atoms with van der Waals surface area (Å²) in [7, 11) is 0. The molecule has 2 nitrogen and oxygen atoms in total. The second kappa shape index (κ2) is 6.10. The number of rotatable bonds is 5. The topological polar surface area (TPSA) is 21.3 Å². The molecule has 0 aromatic carbocycles. The first kappa shape index (κ1) is 13.9. The van der Waals surface area contributed by atoms with Crippen LogP contribution in [-0.4, -0.2) is 19.2 Å². The number of hydrogen-bond acceptors (Lipinski definition) is 2. The number of ether oxygens (including phenoxy) is 1. The second-order valence-electron chi connectivity index (χ2n) is 6.52. The highest BCUT2D eigenvalue weighted by Gasteiger charge is 2.41. The minimum absolute atomic E-state index is 0.447. The molecule has 1 aliphatic carbocycles. The van der Waals surface area contributed by atoms with Crippen molar-refractivity contribution in [3.8, 4) is 0 Å². The summed E-state index contributed by atoms with van der Waals surface area (Å²) < 4.78 is 5.94. The minimum atomic E-state index is 0.447. The van der Waals surface area contributed by atoms with Gasteiger partial charge in [-0.3, -0.25) is 0 Å². The molecular weight excluding hydrogens is 222 g/mol. The van der Waals surface area contributed by atoms with Crippen LogP contribution in [0.4, 0.5) is 0 Å². The first-order valence-corrected chi connectivity index (χ1v) is 7.71. The van der Waals surface area contributed by atoms with Gasteiger partial charge in [-0.15, -0.1) is 0 Å². The SMILES string of the molecule is CCCNC(C1=CCCCO1)C1CCCC1(C)C. The van der Waals surface area contributed by atoms with Crippen LogP contribution >= 0.6 is 0 Å². The van der Waals surface area contributed by atoms with Crippen LogP contribution in [0.2, 0.25) is 0 Å². The predicted octanol–water partition coefficient (Wildman–Crippen LogP) is 3.88. The van der Waals surface area contributed by atoms with Gasteiger partial charge in [0, 0.05) is 0 Å². The molecule has 0 amide bonds. The standard InChI is InChI=1S/C16H29NO/c1-4-11-17-15(14-9-5-6-12-18-14)13-8-7-10-16(13,2)3/h9,13,15,17H,4-8,10-12H2,1-3H3. The zero-order chi connectivity index (χ0) is 13.0. The fourth-order valence-corrected chi connectivity index (χ4v) is 3.51. The van der Waals surface area contributed by atoms with Gasteiger partial charge in [-0.05, 0) is 56.1 Å². The van der Waals surface area contributed by atoms with Crippen molar-refractivity contribution in [2.24, 2.45) is 11.3 Å². The fourth-order valence-electron chi connectivity index (χ4n) is 3.51. The summed E-state index contributed by atoms with van der Waals surface area (Å²) >= 11 is 0. The molecule has 0 bridgehead atoms. The average molecular weight is 251 g/mol. The van der Waals surface area contributed by atoms with Gasteiger partial charge in [0.2, 0.25) is 0 Å². The molecule has 2 atom stereocenters. The Bertz CT molecular complexity index is 295. The van der Waals surface area contributed by atoms with Crippen molar-refractivity contribution in [1.82, 2.24) is 5.32 Å². The van der Waals surface area contributed by atoms with E-state index in [1.165, 1.54) is 44.3 Å². The van der Waals surface area contributed by atoms with Gasteiger partial charge in [0.15, 0.2) is 0 Å². The van der Waals surface area contributed by atoms with E-state index < -0.39 is 0 Å². The molecule has 1 fully saturated rings. The fraction of sp³-hybridized carbons (Fsp3) is 0.875. The number of hydrogen-bond donors (Lipinski definition) is 1. The van der Waals surface area contributed by atoms with Gasteiger partial charge >= 0.3 is 0 Å². The summed E-state index contributed by atoms with van der Waals surface area (Å²) in [6.45, 7) is 9.09. The van der Waals surface area contributed by atoms with E-state index in [9.17, 15) is 0 Å². The highest BCUT2D eigenvalue weighted by atomic mass is 16.5. The molecule has 104 valence electrons. The Morgan fingerprint density at radius 1 is 1.44 bits per heavy atom. The van der Waals surface area contributed by atoms with Crippen LogP contribution in [-0.2, 0) is 4.74 Å². The maximum absolute atomic E-state index is 5.94. The van der Waals surface area contributed by atoms with Crippen molar-refractivity contribution in [3.63, 3.8) is 0 Å². The van der Waals surface area contributed by atoms with Crippen LogP contribution in [0.25, 0.3) is 0 Å². The molecule has 0 spiro atoms. The van der Waals surface area contributed by atoms with Gasteiger partial charge < -0.3 is 10.1 Å². The Hall–Kier alpha value is -0.500. The zero-order valence-electron chi connectivity index (χ0n) is 12.3. The largest absolute Gasteiger partial charge is 0.497 e. The summed E-state index contributed by atoms with van der Waals surface area (Å²) in [6, 6.07) is 0.447. The summed E-state index contributed by atoms with van der Waals surface area (Å²) in [5, 5.41) is 3.74. The van der Waals surface area contributed by atoms with Crippen LogP contribution in [0.5, 0.6) is 0 Å². The molecule has 18 heavy (non-hydrogen) atoms. The molecule has 0 aromatic heterocycles. The van der Waals surface area contributed by atoms with E-state index in [1.807, 2.05) is 0 Å². The van der Waals surface area contributed by atoms with Crippen LogP contribution in [0.3, 0.4) is 0 Å². The van der Waals surface area contributed by atoms with Crippen molar-refractivity contribution in [1.29, 1.82) is 0 Å². The third-order valence-corrected chi connectivity index (χ3v) is 4.63. The van der Waals surface area contributed by atoms with E-state index in [-0.39, 0.29) is 0 Å². The van der Waals surface area contributed by atoms with Crippen molar-refractivity contribution in [2.75, 3.05) is 13.2 Å². The van der Waals surface area contributed by atoms with Crippen molar-refractivity contribution in [3.05, 3.63) is 11.8 Å². The van der Waals surface area contributed by atoms with Gasteiger partial charge in [0.1, 0.15) is 5.76 Å². The Labute approximate surface area is 112 Å². The molecule has 0 aromatic rings. The normalized spacial score (nSPS) is 28.6. The van der Waals surface area contributed by atoms with Crippen molar-refractivity contribution >= 4 is 0 Å². The summed E-state index contributed by atoms with van der Waals surface area (Å²) in [5.41, 5.74) is 0.451. The lowest BCUT2D eigenvalue weighted by molar-refractivity contribution is 0.120. The average Bonchev–Trinajstić information content (AvgIpc) is 2.71. The second-order valence-corrected chi connectivity index (χ2v) is 6.52. The molecule has 1 aliphatic heterocycles. The van der Waals surface area contributed by atoms with Gasteiger partial charge in [-0.1, -0.05) is 27.2 Å². The summed E-state index contributed by atoms with van der Waals surface area (Å²) in [4.78, 5) is 0. The Balaban J connectivity index is 2.11. The van der Waals surface area contributed by atoms with Crippen molar-refractivity contribution in [2.45, 2.75) is 65.3 Å². The maximum atomic E-state index is 5.94.